The van der Waals surface area contributed by atoms with Crippen molar-refractivity contribution in [3.63, 3.8) is 0 Å². The van der Waals surface area contributed by atoms with E-state index in [2.05, 4.69) is 0 Å². The van der Waals surface area contributed by atoms with Gasteiger partial charge in [0.1, 0.15) is 0 Å². The molecule has 1 heterocycles. The number of ketones is 1. The van der Waals surface area contributed by atoms with Gasteiger partial charge < -0.3 is 9.47 Å². The first-order chi connectivity index (χ1) is 13.8. The number of carbonyl (C=O) groups excluding carboxylic acids is 3. The van der Waals surface area contributed by atoms with Gasteiger partial charge >= 0.3 is 0 Å². The summed E-state index contributed by atoms with van der Waals surface area (Å²) in [6.07, 6.45) is 1.52. The second-order valence-electron chi connectivity index (χ2n) is 5.94. The molecule has 150 valence electrons. The van der Waals surface area contributed by atoms with Crippen LogP contribution in [0.15, 0.2) is 41.3 Å². The number of hydrogen-bond donors (Lipinski definition) is 0. The van der Waals surface area contributed by atoms with Crippen LogP contribution in [0.25, 0.3) is 6.08 Å². The van der Waals surface area contributed by atoms with E-state index in [9.17, 15) is 14.4 Å². The number of methoxy groups -OCH3 is 2. The summed E-state index contributed by atoms with van der Waals surface area (Å²) >= 11 is 12.8. The van der Waals surface area contributed by atoms with Gasteiger partial charge in [0, 0.05) is 10.6 Å². The zero-order valence-corrected chi connectivity index (χ0v) is 17.7. The SMILES string of the molecule is COc1cc(/C=C2\SC(=O)N(CC(=O)c3ccc(Cl)cc3)C2=O)cc(Cl)c1OC. The number of ether oxygens (including phenoxy) is 2. The number of amides is 2. The van der Waals surface area contributed by atoms with E-state index in [0.717, 1.165) is 16.7 Å². The van der Waals surface area contributed by atoms with E-state index in [1.165, 1.54) is 20.3 Å². The van der Waals surface area contributed by atoms with Gasteiger partial charge in [0.15, 0.2) is 17.3 Å². The molecule has 1 fully saturated rings. The number of rotatable bonds is 6. The Hall–Kier alpha value is -2.48. The van der Waals surface area contributed by atoms with Crippen molar-refractivity contribution in [2.24, 2.45) is 0 Å². The molecule has 0 bridgehead atoms. The highest BCUT2D eigenvalue weighted by atomic mass is 35.5. The minimum absolute atomic E-state index is 0.183. The first-order valence-electron chi connectivity index (χ1n) is 8.29. The summed E-state index contributed by atoms with van der Waals surface area (Å²) in [4.78, 5) is 38.4. The summed E-state index contributed by atoms with van der Waals surface area (Å²) < 4.78 is 10.4. The van der Waals surface area contributed by atoms with E-state index in [4.69, 9.17) is 32.7 Å². The molecular formula is C20H15Cl2NO5S. The summed E-state index contributed by atoms with van der Waals surface area (Å²) in [5.41, 5.74) is 0.922. The molecule has 0 unspecified atom stereocenters. The second kappa shape index (κ2) is 8.90. The van der Waals surface area contributed by atoms with Gasteiger partial charge in [-0.05, 0) is 59.8 Å². The summed E-state index contributed by atoms with van der Waals surface area (Å²) in [7, 11) is 2.93. The van der Waals surface area contributed by atoms with E-state index in [-0.39, 0.29) is 17.2 Å². The monoisotopic (exact) mass is 451 g/mol. The number of halogens is 2. The molecule has 0 radical (unpaired) electrons. The molecule has 2 aromatic carbocycles. The molecule has 0 N–H and O–H groups in total. The predicted octanol–water partition coefficient (Wildman–Crippen LogP) is 4.93. The highest BCUT2D eigenvalue weighted by Crippen LogP contribution is 2.38. The van der Waals surface area contributed by atoms with E-state index in [1.54, 1.807) is 36.4 Å². The zero-order chi connectivity index (χ0) is 21.1. The van der Waals surface area contributed by atoms with Gasteiger partial charge in [0.2, 0.25) is 0 Å². The lowest BCUT2D eigenvalue weighted by atomic mass is 10.1. The van der Waals surface area contributed by atoms with Crippen molar-refractivity contribution in [1.82, 2.24) is 4.90 Å². The van der Waals surface area contributed by atoms with Gasteiger partial charge in [0.25, 0.3) is 11.1 Å². The van der Waals surface area contributed by atoms with Crippen molar-refractivity contribution >= 4 is 58.0 Å². The first-order valence-corrected chi connectivity index (χ1v) is 9.87. The first kappa shape index (κ1) is 21.2. The Labute approximate surface area is 181 Å². The quantitative estimate of drug-likeness (QED) is 0.457. The van der Waals surface area contributed by atoms with Crippen LogP contribution in [0.1, 0.15) is 15.9 Å². The maximum atomic E-state index is 12.7. The van der Waals surface area contributed by atoms with Crippen molar-refractivity contribution in [3.05, 3.63) is 62.5 Å². The number of imide groups is 1. The van der Waals surface area contributed by atoms with Crippen LogP contribution in [0.4, 0.5) is 4.79 Å². The Morgan fingerprint density at radius 2 is 1.79 bits per heavy atom. The second-order valence-corrected chi connectivity index (χ2v) is 7.77. The fraction of sp³-hybridized carbons (Fsp3) is 0.150. The summed E-state index contributed by atoms with van der Waals surface area (Å²) in [6, 6.07) is 9.47. The maximum Gasteiger partial charge on any atom is 0.293 e. The van der Waals surface area contributed by atoms with Crippen molar-refractivity contribution in [1.29, 1.82) is 0 Å². The molecular weight excluding hydrogens is 437 g/mol. The van der Waals surface area contributed by atoms with Crippen LogP contribution >= 0.6 is 35.0 Å². The Kier molecular flexibility index (Phi) is 6.52. The number of Topliss-reactive ketones (excluding diaryl/α,β-unsaturated/α-hetero) is 1. The van der Waals surface area contributed by atoms with Gasteiger partial charge in [-0.1, -0.05) is 23.2 Å². The largest absolute Gasteiger partial charge is 0.493 e. The molecule has 0 saturated carbocycles. The number of nitrogens with zero attached hydrogens (tertiary/aromatic N) is 1. The van der Waals surface area contributed by atoms with E-state index in [1.807, 2.05) is 0 Å². The minimum atomic E-state index is -0.548. The molecule has 2 amide bonds. The smallest absolute Gasteiger partial charge is 0.293 e. The van der Waals surface area contributed by atoms with Crippen molar-refractivity contribution in [2.75, 3.05) is 20.8 Å². The van der Waals surface area contributed by atoms with Gasteiger partial charge in [-0.2, -0.15) is 0 Å². The van der Waals surface area contributed by atoms with Gasteiger partial charge in [-0.3, -0.25) is 19.3 Å². The van der Waals surface area contributed by atoms with Crippen LogP contribution in [0.3, 0.4) is 0 Å². The molecule has 0 spiro atoms. The Bertz CT molecular complexity index is 1020. The number of benzene rings is 2. The third kappa shape index (κ3) is 4.58. The molecule has 0 aromatic heterocycles. The fourth-order valence-corrected chi connectivity index (χ4v) is 3.94. The molecule has 0 aliphatic carbocycles. The van der Waals surface area contributed by atoms with E-state index in [0.29, 0.717) is 32.7 Å². The molecule has 1 saturated heterocycles. The number of carbonyl (C=O) groups is 3. The highest BCUT2D eigenvalue weighted by molar-refractivity contribution is 8.18. The van der Waals surface area contributed by atoms with Gasteiger partial charge in [-0.15, -0.1) is 0 Å². The van der Waals surface area contributed by atoms with Crippen molar-refractivity contribution in [2.45, 2.75) is 0 Å². The van der Waals surface area contributed by atoms with Crippen molar-refractivity contribution < 1.29 is 23.9 Å². The lowest BCUT2D eigenvalue weighted by molar-refractivity contribution is -0.122. The Morgan fingerprint density at radius 1 is 1.10 bits per heavy atom. The molecule has 6 nitrogen and oxygen atoms in total. The topological polar surface area (TPSA) is 72.9 Å². The van der Waals surface area contributed by atoms with E-state index < -0.39 is 11.1 Å². The zero-order valence-electron chi connectivity index (χ0n) is 15.4. The lowest BCUT2D eigenvalue weighted by Crippen LogP contribution is -2.33. The molecule has 29 heavy (non-hydrogen) atoms. The minimum Gasteiger partial charge on any atom is -0.493 e. The van der Waals surface area contributed by atoms with Crippen molar-refractivity contribution in [3.8, 4) is 11.5 Å². The van der Waals surface area contributed by atoms with E-state index >= 15 is 0 Å². The molecule has 1 aliphatic heterocycles. The van der Waals surface area contributed by atoms with Crippen LogP contribution in [-0.2, 0) is 4.79 Å². The molecule has 0 atom stereocenters. The molecule has 3 rings (SSSR count). The van der Waals surface area contributed by atoms with Crippen LogP contribution < -0.4 is 9.47 Å². The number of hydrogen-bond acceptors (Lipinski definition) is 6. The lowest BCUT2D eigenvalue weighted by Gasteiger charge is -2.11. The normalized spacial score (nSPS) is 15.2. The van der Waals surface area contributed by atoms with Gasteiger partial charge in [-0.25, -0.2) is 0 Å². The Morgan fingerprint density at radius 3 is 2.41 bits per heavy atom. The highest BCUT2D eigenvalue weighted by Gasteiger charge is 2.36. The average Bonchev–Trinajstić information content (AvgIpc) is 2.95. The fourth-order valence-electron chi connectivity index (χ4n) is 2.68. The third-order valence-electron chi connectivity index (χ3n) is 4.10. The number of thioether (sulfide) groups is 1. The van der Waals surface area contributed by atoms with Crippen LogP contribution in [-0.4, -0.2) is 42.6 Å². The molecule has 2 aromatic rings. The standard InChI is InChI=1S/C20H15Cl2NO5S/c1-27-16-8-11(7-14(22)18(16)28-2)9-17-19(25)23(20(26)29-17)10-15(24)12-3-5-13(21)6-4-12/h3-9H,10H2,1-2H3/b17-9-. The maximum absolute atomic E-state index is 12.7. The van der Waals surface area contributed by atoms with Crippen LogP contribution in [0.5, 0.6) is 11.5 Å². The molecule has 1 aliphatic rings. The summed E-state index contributed by atoms with van der Waals surface area (Å²) in [5.74, 6) is -0.149. The predicted molar refractivity (Wildman–Crippen MR) is 113 cm³/mol. The van der Waals surface area contributed by atoms with Crippen LogP contribution in [0, 0.1) is 0 Å². The molecule has 9 heteroatoms. The third-order valence-corrected chi connectivity index (χ3v) is 5.54. The van der Waals surface area contributed by atoms with Gasteiger partial charge in [0.05, 0.1) is 30.7 Å². The average molecular weight is 452 g/mol. The Balaban J connectivity index is 1.82. The summed E-state index contributed by atoms with van der Waals surface area (Å²) in [5, 5.41) is 0.273. The van der Waals surface area contributed by atoms with Crippen LogP contribution in [0.2, 0.25) is 10.0 Å². The summed E-state index contributed by atoms with van der Waals surface area (Å²) in [6.45, 7) is -0.351.